The molecule has 0 aliphatic rings. The molecule has 1 rings (SSSR count). The number of benzene rings is 1. The first-order valence-electron chi connectivity index (χ1n) is 5.22. The van der Waals surface area contributed by atoms with E-state index in [1.165, 1.54) is 13.2 Å². The van der Waals surface area contributed by atoms with Gasteiger partial charge >= 0.3 is 5.97 Å². The molecule has 0 aliphatic carbocycles. The van der Waals surface area contributed by atoms with E-state index in [1.807, 2.05) is 4.90 Å². The predicted octanol–water partition coefficient (Wildman–Crippen LogP) is 1.96. The van der Waals surface area contributed by atoms with Gasteiger partial charge in [0.15, 0.2) is 11.6 Å². The van der Waals surface area contributed by atoms with E-state index in [0.29, 0.717) is 18.7 Å². The summed E-state index contributed by atoms with van der Waals surface area (Å²) in [6.45, 7) is 0.958. The number of methoxy groups -OCH3 is 1. The number of esters is 1. The molecule has 0 bridgehead atoms. The number of nitrogens with zero attached hydrogens (tertiary/aromatic N) is 1. The summed E-state index contributed by atoms with van der Waals surface area (Å²) in [5.74, 6) is -2.00. The Labute approximate surface area is 99.0 Å². The summed E-state index contributed by atoms with van der Waals surface area (Å²) in [4.78, 5) is 12.7. The maximum atomic E-state index is 12.9. The Morgan fingerprint density at radius 1 is 1.35 bits per heavy atom. The van der Waals surface area contributed by atoms with Crippen molar-refractivity contribution in [2.75, 3.05) is 20.7 Å². The number of carbonyl (C=O) groups excluding carboxylic acids is 1. The van der Waals surface area contributed by atoms with Crippen LogP contribution in [0, 0.1) is 11.6 Å². The highest BCUT2D eigenvalue weighted by Gasteiger charge is 2.07. The first-order chi connectivity index (χ1) is 8.02. The normalized spacial score (nSPS) is 10.6. The molecule has 0 aromatic heterocycles. The molecule has 0 saturated heterocycles. The molecule has 0 fully saturated rings. The predicted molar refractivity (Wildman–Crippen MR) is 59.3 cm³/mol. The Morgan fingerprint density at radius 3 is 2.65 bits per heavy atom. The van der Waals surface area contributed by atoms with Crippen molar-refractivity contribution in [3.8, 4) is 0 Å². The van der Waals surface area contributed by atoms with Gasteiger partial charge in [-0.15, -0.1) is 0 Å². The molecule has 5 heteroatoms. The molecule has 3 nitrogen and oxygen atoms in total. The lowest BCUT2D eigenvalue weighted by Crippen LogP contribution is -2.22. The molecule has 0 spiro atoms. The molecule has 0 radical (unpaired) electrons. The van der Waals surface area contributed by atoms with E-state index in [1.54, 1.807) is 7.05 Å². The van der Waals surface area contributed by atoms with Crippen LogP contribution in [-0.4, -0.2) is 31.6 Å². The summed E-state index contributed by atoms with van der Waals surface area (Å²) in [6, 6.07) is 3.77. The average Bonchev–Trinajstić information content (AvgIpc) is 2.31. The number of halogens is 2. The van der Waals surface area contributed by atoms with E-state index in [0.717, 1.165) is 12.1 Å². The van der Waals surface area contributed by atoms with Gasteiger partial charge in [-0.2, -0.15) is 0 Å². The number of carbonyl (C=O) groups is 1. The molecule has 0 saturated carbocycles. The third-order valence-corrected chi connectivity index (χ3v) is 2.36. The largest absolute Gasteiger partial charge is 0.469 e. The molecule has 0 heterocycles. The quantitative estimate of drug-likeness (QED) is 0.740. The molecule has 0 N–H and O–H groups in total. The Kier molecular flexibility index (Phi) is 5.03. The zero-order valence-corrected chi connectivity index (χ0v) is 9.87. The molecule has 17 heavy (non-hydrogen) atoms. The fourth-order valence-corrected chi connectivity index (χ4v) is 1.41. The lowest BCUT2D eigenvalue weighted by atomic mass is 10.2. The van der Waals surface area contributed by atoms with Gasteiger partial charge in [-0.3, -0.25) is 4.79 Å². The van der Waals surface area contributed by atoms with Crippen LogP contribution in [0.4, 0.5) is 8.78 Å². The van der Waals surface area contributed by atoms with Crippen LogP contribution in [0.1, 0.15) is 12.0 Å². The second kappa shape index (κ2) is 6.30. The monoisotopic (exact) mass is 243 g/mol. The molecular formula is C12H15F2NO2. The summed E-state index contributed by atoms with van der Waals surface area (Å²) in [7, 11) is 3.13. The minimum atomic E-state index is -0.858. The summed E-state index contributed by atoms with van der Waals surface area (Å²) < 4.78 is 30.1. The van der Waals surface area contributed by atoms with Crippen LogP contribution in [0.15, 0.2) is 18.2 Å². The summed E-state index contributed by atoms with van der Waals surface area (Å²) in [5.41, 5.74) is 0.663. The summed E-state index contributed by atoms with van der Waals surface area (Å²) >= 11 is 0. The van der Waals surface area contributed by atoms with Gasteiger partial charge in [0, 0.05) is 13.1 Å². The molecule has 1 aromatic rings. The third-order valence-electron chi connectivity index (χ3n) is 2.36. The first kappa shape index (κ1) is 13.6. The van der Waals surface area contributed by atoms with Gasteiger partial charge in [-0.1, -0.05) is 6.07 Å². The van der Waals surface area contributed by atoms with Gasteiger partial charge in [0.1, 0.15) is 0 Å². The van der Waals surface area contributed by atoms with E-state index < -0.39 is 11.6 Å². The fourth-order valence-electron chi connectivity index (χ4n) is 1.41. The van der Waals surface area contributed by atoms with Crippen molar-refractivity contribution in [1.29, 1.82) is 0 Å². The van der Waals surface area contributed by atoms with Crippen molar-refractivity contribution in [1.82, 2.24) is 4.90 Å². The number of hydrogen-bond acceptors (Lipinski definition) is 3. The molecular weight excluding hydrogens is 228 g/mol. The van der Waals surface area contributed by atoms with Crippen LogP contribution in [0.3, 0.4) is 0 Å². The van der Waals surface area contributed by atoms with E-state index in [2.05, 4.69) is 4.74 Å². The van der Waals surface area contributed by atoms with Crippen molar-refractivity contribution in [2.45, 2.75) is 13.0 Å². The number of rotatable bonds is 5. The third kappa shape index (κ3) is 4.48. The van der Waals surface area contributed by atoms with Gasteiger partial charge in [0.2, 0.25) is 0 Å². The van der Waals surface area contributed by atoms with Crippen molar-refractivity contribution in [2.24, 2.45) is 0 Å². The van der Waals surface area contributed by atoms with Crippen LogP contribution in [0.25, 0.3) is 0 Å². The Morgan fingerprint density at radius 2 is 2.06 bits per heavy atom. The Balaban J connectivity index is 2.47. The molecule has 0 atom stereocenters. The second-order valence-corrected chi connectivity index (χ2v) is 3.81. The smallest absolute Gasteiger partial charge is 0.306 e. The van der Waals surface area contributed by atoms with Crippen molar-refractivity contribution in [3.63, 3.8) is 0 Å². The molecule has 0 unspecified atom stereocenters. The Hall–Kier alpha value is -1.49. The maximum Gasteiger partial charge on any atom is 0.306 e. The minimum Gasteiger partial charge on any atom is -0.469 e. The van der Waals surface area contributed by atoms with Crippen LogP contribution in [0.2, 0.25) is 0 Å². The van der Waals surface area contributed by atoms with Crippen LogP contribution < -0.4 is 0 Å². The van der Waals surface area contributed by atoms with E-state index in [4.69, 9.17) is 0 Å². The lowest BCUT2D eigenvalue weighted by Gasteiger charge is -2.15. The minimum absolute atomic E-state index is 0.274. The standard InChI is InChI=1S/C12H15F2NO2/c1-15(6-5-12(16)17-2)8-9-3-4-10(13)11(14)7-9/h3-4,7H,5-6,8H2,1-2H3. The SMILES string of the molecule is COC(=O)CCN(C)Cc1ccc(F)c(F)c1. The number of hydrogen-bond donors (Lipinski definition) is 0. The summed E-state index contributed by atoms with van der Waals surface area (Å²) in [5, 5.41) is 0. The highest BCUT2D eigenvalue weighted by Crippen LogP contribution is 2.10. The van der Waals surface area contributed by atoms with Gasteiger partial charge in [0.25, 0.3) is 0 Å². The average molecular weight is 243 g/mol. The summed E-state index contributed by atoms with van der Waals surface area (Å²) in [6.07, 6.45) is 0.274. The molecule has 0 amide bonds. The van der Waals surface area contributed by atoms with Crippen LogP contribution >= 0.6 is 0 Å². The Bertz CT molecular complexity index is 396. The second-order valence-electron chi connectivity index (χ2n) is 3.81. The number of ether oxygens (including phenoxy) is 1. The fraction of sp³-hybridized carbons (Fsp3) is 0.417. The van der Waals surface area contributed by atoms with Crippen LogP contribution in [-0.2, 0) is 16.1 Å². The molecule has 94 valence electrons. The van der Waals surface area contributed by atoms with E-state index in [-0.39, 0.29) is 12.4 Å². The maximum absolute atomic E-state index is 12.9. The lowest BCUT2D eigenvalue weighted by molar-refractivity contribution is -0.140. The van der Waals surface area contributed by atoms with Gasteiger partial charge in [0.05, 0.1) is 13.5 Å². The van der Waals surface area contributed by atoms with Gasteiger partial charge in [-0.25, -0.2) is 8.78 Å². The van der Waals surface area contributed by atoms with Gasteiger partial charge < -0.3 is 9.64 Å². The van der Waals surface area contributed by atoms with E-state index >= 15 is 0 Å². The van der Waals surface area contributed by atoms with Crippen LogP contribution in [0.5, 0.6) is 0 Å². The van der Waals surface area contributed by atoms with Gasteiger partial charge in [-0.05, 0) is 24.7 Å². The molecule has 0 aliphatic heterocycles. The topological polar surface area (TPSA) is 29.5 Å². The highest BCUT2D eigenvalue weighted by atomic mass is 19.2. The molecule has 1 aromatic carbocycles. The van der Waals surface area contributed by atoms with Crippen molar-refractivity contribution >= 4 is 5.97 Å². The zero-order valence-electron chi connectivity index (χ0n) is 9.87. The van der Waals surface area contributed by atoms with E-state index in [9.17, 15) is 13.6 Å². The highest BCUT2D eigenvalue weighted by molar-refractivity contribution is 5.69. The zero-order chi connectivity index (χ0) is 12.8. The first-order valence-corrected chi connectivity index (χ1v) is 5.22. The van der Waals surface area contributed by atoms with Crippen molar-refractivity contribution in [3.05, 3.63) is 35.4 Å². The van der Waals surface area contributed by atoms with Crippen molar-refractivity contribution < 1.29 is 18.3 Å².